The molecule has 1 N–H and O–H groups in total. The number of fused-ring (bicyclic) bond motifs is 2. The van der Waals surface area contributed by atoms with Crippen molar-refractivity contribution in [1.29, 1.82) is 0 Å². The van der Waals surface area contributed by atoms with Crippen molar-refractivity contribution in [1.82, 2.24) is 14.8 Å². The van der Waals surface area contributed by atoms with Crippen LogP contribution < -0.4 is 5.32 Å². The lowest BCUT2D eigenvalue weighted by molar-refractivity contribution is 0.102. The number of thiazole rings is 1. The Kier molecular flexibility index (Phi) is 4.39. The predicted octanol–water partition coefficient (Wildman–Crippen LogP) is 5.06. The second kappa shape index (κ2) is 7.08. The highest BCUT2D eigenvalue weighted by Gasteiger charge is 2.17. The molecule has 1 aliphatic rings. The molecule has 1 aliphatic carbocycles. The van der Waals surface area contributed by atoms with Gasteiger partial charge < -0.3 is 5.32 Å². The molecule has 0 saturated carbocycles. The lowest BCUT2D eigenvalue weighted by Gasteiger charge is -2.14. The van der Waals surface area contributed by atoms with Gasteiger partial charge in [0.25, 0.3) is 5.91 Å². The quantitative estimate of drug-likeness (QED) is 0.517. The van der Waals surface area contributed by atoms with Gasteiger partial charge in [-0.15, -0.1) is 0 Å². The van der Waals surface area contributed by atoms with Gasteiger partial charge in [0, 0.05) is 11.6 Å². The zero-order chi connectivity index (χ0) is 20.0. The molecule has 0 aliphatic heterocycles. The fraction of sp³-hybridized carbons (Fsp3) is 0.227. The molecule has 146 valence electrons. The Morgan fingerprint density at radius 2 is 1.93 bits per heavy atom. The second-order valence-corrected chi connectivity index (χ2v) is 8.35. The van der Waals surface area contributed by atoms with E-state index in [1.54, 1.807) is 28.2 Å². The fourth-order valence-electron chi connectivity index (χ4n) is 3.79. The number of carbonyl (C=O) groups excluding carboxylic acids is 1. The standard InChI is InChI=1S/C22H19FN4OS/c1-13-9-20(25-21(28)16-7-4-8-17(23)10-16)27(26-13)22-24-18-11-14-5-2-3-6-15(14)12-19(18)29-22/h4,7-12H,2-3,5-6H2,1H3,(H,25,28). The summed E-state index contributed by atoms with van der Waals surface area (Å²) in [4.78, 5) is 17.3. The lowest BCUT2D eigenvalue weighted by Crippen LogP contribution is -2.15. The molecule has 0 atom stereocenters. The number of amides is 1. The van der Waals surface area contributed by atoms with Crippen molar-refractivity contribution in [3.63, 3.8) is 0 Å². The number of nitrogens with one attached hydrogen (secondary N) is 1. The van der Waals surface area contributed by atoms with Crippen LogP contribution in [-0.4, -0.2) is 20.7 Å². The first-order chi connectivity index (χ1) is 14.1. The van der Waals surface area contributed by atoms with Crippen molar-refractivity contribution in [2.24, 2.45) is 0 Å². The first-order valence-electron chi connectivity index (χ1n) is 9.63. The number of aryl methyl sites for hydroxylation is 3. The van der Waals surface area contributed by atoms with Crippen LogP contribution in [0.4, 0.5) is 10.2 Å². The molecule has 0 bridgehead atoms. The van der Waals surface area contributed by atoms with E-state index in [1.165, 1.54) is 42.2 Å². The first-order valence-corrected chi connectivity index (χ1v) is 10.4. The van der Waals surface area contributed by atoms with Crippen LogP contribution in [0.5, 0.6) is 0 Å². The third-order valence-corrected chi connectivity index (χ3v) is 6.18. The number of carbonyl (C=O) groups is 1. The third kappa shape index (κ3) is 3.42. The van der Waals surface area contributed by atoms with Gasteiger partial charge in [0.1, 0.15) is 11.6 Å². The van der Waals surface area contributed by atoms with Gasteiger partial charge >= 0.3 is 0 Å². The topological polar surface area (TPSA) is 59.8 Å². The van der Waals surface area contributed by atoms with Crippen LogP contribution in [0.1, 0.15) is 40.0 Å². The zero-order valence-electron chi connectivity index (χ0n) is 15.9. The van der Waals surface area contributed by atoms with Crippen molar-refractivity contribution in [2.45, 2.75) is 32.6 Å². The van der Waals surface area contributed by atoms with Gasteiger partial charge in [0.2, 0.25) is 5.13 Å². The SMILES string of the molecule is Cc1cc(NC(=O)c2cccc(F)c2)n(-c2nc3cc4c(cc3s2)CCCC4)n1. The fourth-order valence-corrected chi connectivity index (χ4v) is 4.76. The zero-order valence-corrected chi connectivity index (χ0v) is 16.7. The maximum atomic E-state index is 13.5. The van der Waals surface area contributed by atoms with Crippen molar-refractivity contribution >= 4 is 33.3 Å². The van der Waals surface area contributed by atoms with Gasteiger partial charge in [-0.1, -0.05) is 17.4 Å². The molecular formula is C22H19FN4OS. The molecule has 0 fully saturated rings. The van der Waals surface area contributed by atoms with Gasteiger partial charge in [-0.3, -0.25) is 4.79 Å². The van der Waals surface area contributed by atoms with Gasteiger partial charge in [-0.05, 0) is 74.1 Å². The molecule has 4 aromatic rings. The number of nitrogens with zero attached hydrogens (tertiary/aromatic N) is 3. The van der Waals surface area contributed by atoms with Crippen LogP contribution in [-0.2, 0) is 12.8 Å². The number of hydrogen-bond donors (Lipinski definition) is 1. The summed E-state index contributed by atoms with van der Waals surface area (Å²) in [5.74, 6) is -0.319. The van der Waals surface area contributed by atoms with E-state index in [2.05, 4.69) is 22.5 Å². The molecule has 2 aromatic heterocycles. The summed E-state index contributed by atoms with van der Waals surface area (Å²) in [5, 5.41) is 8.05. The summed E-state index contributed by atoms with van der Waals surface area (Å²) < 4.78 is 16.2. The Bertz CT molecular complexity index is 1200. The molecule has 0 saturated heterocycles. The molecule has 29 heavy (non-hydrogen) atoms. The number of rotatable bonds is 3. The molecule has 0 spiro atoms. The normalized spacial score (nSPS) is 13.4. The van der Waals surface area contributed by atoms with E-state index >= 15 is 0 Å². The van der Waals surface area contributed by atoms with E-state index in [-0.39, 0.29) is 11.5 Å². The lowest BCUT2D eigenvalue weighted by atomic mass is 9.92. The maximum Gasteiger partial charge on any atom is 0.256 e. The number of hydrogen-bond acceptors (Lipinski definition) is 4. The van der Waals surface area contributed by atoms with Crippen LogP contribution in [0.2, 0.25) is 0 Å². The molecular weight excluding hydrogens is 387 g/mol. The van der Waals surface area contributed by atoms with Crippen LogP contribution in [0, 0.1) is 12.7 Å². The van der Waals surface area contributed by atoms with Crippen LogP contribution in [0.15, 0.2) is 42.5 Å². The number of benzene rings is 2. The van der Waals surface area contributed by atoms with E-state index < -0.39 is 5.82 Å². The third-order valence-electron chi connectivity index (χ3n) is 5.18. The van der Waals surface area contributed by atoms with E-state index in [1.807, 2.05) is 6.92 Å². The summed E-state index contributed by atoms with van der Waals surface area (Å²) in [6.07, 6.45) is 4.69. The highest BCUT2D eigenvalue weighted by molar-refractivity contribution is 7.20. The van der Waals surface area contributed by atoms with Crippen LogP contribution >= 0.6 is 11.3 Å². The van der Waals surface area contributed by atoms with Gasteiger partial charge in [0.05, 0.1) is 15.9 Å². The highest BCUT2D eigenvalue weighted by Crippen LogP contribution is 2.32. The minimum Gasteiger partial charge on any atom is -0.306 e. The minimum atomic E-state index is -0.447. The van der Waals surface area contributed by atoms with Gasteiger partial charge in [0.15, 0.2) is 0 Å². The monoisotopic (exact) mass is 406 g/mol. The Labute approximate surface area is 171 Å². The van der Waals surface area contributed by atoms with E-state index in [9.17, 15) is 9.18 Å². The van der Waals surface area contributed by atoms with Gasteiger partial charge in [-0.25, -0.2) is 9.37 Å². The molecule has 2 aromatic carbocycles. The van der Waals surface area contributed by atoms with Crippen LogP contribution in [0.3, 0.4) is 0 Å². The Hall–Kier alpha value is -3.06. The van der Waals surface area contributed by atoms with E-state index in [4.69, 9.17) is 4.98 Å². The summed E-state index contributed by atoms with van der Waals surface area (Å²) in [6.45, 7) is 1.86. The van der Waals surface area contributed by atoms with E-state index in [0.717, 1.165) is 28.8 Å². The van der Waals surface area contributed by atoms with Gasteiger partial charge in [-0.2, -0.15) is 9.78 Å². The highest BCUT2D eigenvalue weighted by atomic mass is 32.1. The molecule has 0 unspecified atom stereocenters. The minimum absolute atomic E-state index is 0.257. The molecule has 0 radical (unpaired) electrons. The largest absolute Gasteiger partial charge is 0.306 e. The molecule has 7 heteroatoms. The summed E-state index contributed by atoms with van der Waals surface area (Å²) in [7, 11) is 0. The Balaban J connectivity index is 1.51. The Morgan fingerprint density at radius 3 is 2.72 bits per heavy atom. The van der Waals surface area contributed by atoms with Crippen molar-refractivity contribution < 1.29 is 9.18 Å². The molecule has 5 rings (SSSR count). The predicted molar refractivity (Wildman–Crippen MR) is 112 cm³/mol. The average Bonchev–Trinajstić information content (AvgIpc) is 3.28. The summed E-state index contributed by atoms with van der Waals surface area (Å²) in [6, 6.07) is 11.8. The number of anilines is 1. The summed E-state index contributed by atoms with van der Waals surface area (Å²) >= 11 is 1.55. The maximum absolute atomic E-state index is 13.5. The molecule has 1 amide bonds. The van der Waals surface area contributed by atoms with Crippen molar-refractivity contribution in [3.05, 3.63) is 70.7 Å². The average molecular weight is 406 g/mol. The van der Waals surface area contributed by atoms with Crippen LogP contribution in [0.25, 0.3) is 15.3 Å². The smallest absolute Gasteiger partial charge is 0.256 e. The van der Waals surface area contributed by atoms with Crippen molar-refractivity contribution in [2.75, 3.05) is 5.32 Å². The van der Waals surface area contributed by atoms with E-state index in [0.29, 0.717) is 10.9 Å². The Morgan fingerprint density at radius 1 is 1.14 bits per heavy atom. The van der Waals surface area contributed by atoms with Crippen molar-refractivity contribution in [3.8, 4) is 5.13 Å². The first kappa shape index (κ1) is 18.0. The molecule has 5 nitrogen and oxygen atoms in total. The number of halogens is 1. The summed E-state index contributed by atoms with van der Waals surface area (Å²) in [5.41, 5.74) is 4.78. The molecule has 2 heterocycles. The number of aromatic nitrogens is 3. The second-order valence-electron chi connectivity index (χ2n) is 7.34.